The molecule has 0 aliphatic rings. The highest BCUT2D eigenvalue weighted by Crippen LogP contribution is 2.21. The number of methoxy groups -OCH3 is 1. The molecule has 0 N–H and O–H groups in total. The first-order chi connectivity index (χ1) is 19.4. The van der Waals surface area contributed by atoms with E-state index in [0.29, 0.717) is 19.6 Å². The van der Waals surface area contributed by atoms with Gasteiger partial charge in [-0.15, -0.1) is 11.3 Å². The first kappa shape index (κ1) is 28.9. The van der Waals surface area contributed by atoms with Crippen LogP contribution in [0, 0.1) is 6.92 Å². The van der Waals surface area contributed by atoms with Crippen molar-refractivity contribution < 1.29 is 14.3 Å². The van der Waals surface area contributed by atoms with E-state index in [9.17, 15) is 9.59 Å². The van der Waals surface area contributed by atoms with Crippen molar-refractivity contribution in [3.63, 3.8) is 0 Å². The minimum absolute atomic E-state index is 0.141. The van der Waals surface area contributed by atoms with E-state index in [0.717, 1.165) is 33.1 Å². The summed E-state index contributed by atoms with van der Waals surface area (Å²) in [6.07, 6.45) is 5.37. The van der Waals surface area contributed by atoms with Crippen LogP contribution in [0.5, 0.6) is 0 Å². The number of hydrogen-bond acceptors (Lipinski definition) is 6. The van der Waals surface area contributed by atoms with Gasteiger partial charge in [-0.05, 0) is 36.3 Å². The Labute approximate surface area is 239 Å². The standard InChI is InChI=1S/C32H34N4O3S/c1-24-34-28(23-40-24)16-17-31(37)36(22-26-12-14-27(15-13-26)29-11-7-8-18-33-29)30(21-25-9-5-4-6-10-25)32(38)35(2)19-20-39-3/h4-18,23,30H,19-22H2,1-3H3. The predicted octanol–water partition coefficient (Wildman–Crippen LogP) is 5.27. The van der Waals surface area contributed by atoms with Gasteiger partial charge in [-0.25, -0.2) is 4.98 Å². The monoisotopic (exact) mass is 554 g/mol. The molecule has 7 nitrogen and oxygen atoms in total. The molecule has 2 heterocycles. The lowest BCUT2D eigenvalue weighted by atomic mass is 10.0. The number of carbonyl (C=O) groups is 2. The van der Waals surface area contributed by atoms with Crippen molar-refractivity contribution in [1.82, 2.24) is 19.8 Å². The summed E-state index contributed by atoms with van der Waals surface area (Å²) in [7, 11) is 3.35. The van der Waals surface area contributed by atoms with Crippen molar-refractivity contribution >= 4 is 29.2 Å². The van der Waals surface area contributed by atoms with E-state index in [1.54, 1.807) is 36.2 Å². The van der Waals surface area contributed by atoms with Gasteiger partial charge in [-0.1, -0.05) is 60.7 Å². The molecule has 2 amide bonds. The normalized spacial score (nSPS) is 11.9. The van der Waals surface area contributed by atoms with Crippen LogP contribution in [0.15, 0.2) is 90.4 Å². The Morgan fingerprint density at radius 3 is 2.40 bits per heavy atom. The van der Waals surface area contributed by atoms with Gasteiger partial charge in [0.1, 0.15) is 6.04 Å². The fraction of sp³-hybridized carbons (Fsp3) is 0.250. The van der Waals surface area contributed by atoms with Crippen LogP contribution >= 0.6 is 11.3 Å². The topological polar surface area (TPSA) is 75.6 Å². The SMILES string of the molecule is COCCN(C)C(=O)C(Cc1ccccc1)N(Cc1ccc(-c2ccccn2)cc1)C(=O)C=Cc1csc(C)n1. The summed E-state index contributed by atoms with van der Waals surface area (Å²) in [4.78, 5) is 39.8. The zero-order valence-corrected chi connectivity index (χ0v) is 23.9. The highest BCUT2D eigenvalue weighted by Gasteiger charge is 2.31. The minimum Gasteiger partial charge on any atom is -0.383 e. The number of carbonyl (C=O) groups excluding carboxylic acids is 2. The van der Waals surface area contributed by atoms with Gasteiger partial charge in [0.15, 0.2) is 0 Å². The number of pyridine rings is 1. The highest BCUT2D eigenvalue weighted by atomic mass is 32.1. The number of aromatic nitrogens is 2. The van der Waals surface area contributed by atoms with Crippen LogP contribution in [0.4, 0.5) is 0 Å². The number of benzene rings is 2. The lowest BCUT2D eigenvalue weighted by Crippen LogP contribution is -2.51. The number of likely N-dealkylation sites (N-methyl/N-ethyl adjacent to an activating group) is 1. The zero-order chi connectivity index (χ0) is 28.3. The highest BCUT2D eigenvalue weighted by molar-refractivity contribution is 7.09. The maximum Gasteiger partial charge on any atom is 0.247 e. The summed E-state index contributed by atoms with van der Waals surface area (Å²) < 4.78 is 5.20. The van der Waals surface area contributed by atoms with Crippen molar-refractivity contribution in [3.05, 3.63) is 112 Å². The van der Waals surface area contributed by atoms with Crippen molar-refractivity contribution in [2.75, 3.05) is 27.3 Å². The molecule has 0 fully saturated rings. The second-order valence-corrected chi connectivity index (χ2v) is 10.5. The molecule has 0 spiro atoms. The van der Waals surface area contributed by atoms with Gasteiger partial charge in [0, 0.05) is 56.9 Å². The third-order valence-corrected chi connectivity index (χ3v) is 7.32. The summed E-state index contributed by atoms with van der Waals surface area (Å²) in [6.45, 7) is 3.03. The van der Waals surface area contributed by atoms with E-state index in [1.807, 2.05) is 85.1 Å². The molecule has 4 rings (SSSR count). The largest absolute Gasteiger partial charge is 0.383 e. The number of rotatable bonds is 12. The van der Waals surface area contributed by atoms with Crippen LogP contribution in [-0.2, 0) is 27.3 Å². The van der Waals surface area contributed by atoms with E-state index in [1.165, 1.54) is 17.4 Å². The molecule has 0 aliphatic heterocycles. The number of thiazole rings is 1. The van der Waals surface area contributed by atoms with E-state index >= 15 is 0 Å². The molecule has 1 unspecified atom stereocenters. The van der Waals surface area contributed by atoms with Crippen molar-refractivity contribution in [2.24, 2.45) is 0 Å². The third-order valence-electron chi connectivity index (χ3n) is 6.52. The van der Waals surface area contributed by atoms with Gasteiger partial charge in [0.05, 0.1) is 23.0 Å². The number of ether oxygens (including phenoxy) is 1. The molecule has 0 saturated carbocycles. The molecule has 0 aliphatic carbocycles. The van der Waals surface area contributed by atoms with E-state index in [-0.39, 0.29) is 18.4 Å². The van der Waals surface area contributed by atoms with Crippen LogP contribution in [0.25, 0.3) is 17.3 Å². The summed E-state index contributed by atoms with van der Waals surface area (Å²) in [6, 6.07) is 22.8. The summed E-state index contributed by atoms with van der Waals surface area (Å²) in [5.74, 6) is -0.397. The molecular weight excluding hydrogens is 520 g/mol. The van der Waals surface area contributed by atoms with E-state index in [4.69, 9.17) is 4.74 Å². The second-order valence-electron chi connectivity index (χ2n) is 9.46. The fourth-order valence-corrected chi connectivity index (χ4v) is 4.90. The van der Waals surface area contributed by atoms with Crippen molar-refractivity contribution in [1.29, 1.82) is 0 Å². The summed E-state index contributed by atoms with van der Waals surface area (Å²) in [5.41, 5.74) is 4.47. The summed E-state index contributed by atoms with van der Waals surface area (Å²) in [5, 5.41) is 2.83. The molecule has 2 aromatic carbocycles. The van der Waals surface area contributed by atoms with Crippen LogP contribution in [0.2, 0.25) is 0 Å². The lowest BCUT2D eigenvalue weighted by Gasteiger charge is -2.33. The smallest absolute Gasteiger partial charge is 0.247 e. The van der Waals surface area contributed by atoms with E-state index < -0.39 is 6.04 Å². The molecule has 2 aromatic heterocycles. The second kappa shape index (κ2) is 14.3. The molecular formula is C32H34N4O3S. The summed E-state index contributed by atoms with van der Waals surface area (Å²) >= 11 is 1.53. The van der Waals surface area contributed by atoms with Gasteiger partial charge in [-0.3, -0.25) is 14.6 Å². The molecule has 1 atom stereocenters. The first-order valence-corrected chi connectivity index (χ1v) is 14.0. The van der Waals surface area contributed by atoms with Gasteiger partial charge in [0.2, 0.25) is 11.8 Å². The lowest BCUT2D eigenvalue weighted by molar-refractivity contribution is -0.143. The Morgan fingerprint density at radius 2 is 1.75 bits per heavy atom. The first-order valence-electron chi connectivity index (χ1n) is 13.1. The molecule has 0 saturated heterocycles. The molecule has 206 valence electrons. The van der Waals surface area contributed by atoms with Crippen molar-refractivity contribution in [2.45, 2.75) is 25.9 Å². The Kier molecular flexibility index (Phi) is 10.3. The Bertz CT molecular complexity index is 1410. The van der Waals surface area contributed by atoms with Crippen molar-refractivity contribution in [3.8, 4) is 11.3 Å². The molecule has 4 aromatic rings. The Balaban J connectivity index is 1.67. The van der Waals surface area contributed by atoms with Gasteiger partial charge in [0.25, 0.3) is 0 Å². The molecule has 0 bridgehead atoms. The van der Waals surface area contributed by atoms with Gasteiger partial charge < -0.3 is 14.5 Å². The van der Waals surface area contributed by atoms with E-state index in [2.05, 4.69) is 9.97 Å². The fourth-order valence-electron chi connectivity index (χ4n) is 4.32. The predicted molar refractivity (Wildman–Crippen MR) is 160 cm³/mol. The van der Waals surface area contributed by atoms with Crippen LogP contribution in [0.3, 0.4) is 0 Å². The molecule has 0 radical (unpaired) electrons. The van der Waals surface area contributed by atoms with Crippen LogP contribution in [-0.4, -0.2) is 64.9 Å². The third kappa shape index (κ3) is 7.94. The number of nitrogens with zero attached hydrogens (tertiary/aromatic N) is 4. The van der Waals surface area contributed by atoms with Crippen LogP contribution in [0.1, 0.15) is 21.8 Å². The molecule has 8 heteroatoms. The quantitative estimate of drug-likeness (QED) is 0.223. The van der Waals surface area contributed by atoms with Crippen LogP contribution < -0.4 is 0 Å². The Morgan fingerprint density at radius 1 is 1.00 bits per heavy atom. The maximum absolute atomic E-state index is 13.8. The maximum atomic E-state index is 13.8. The average Bonchev–Trinajstić information content (AvgIpc) is 3.42. The van der Waals surface area contributed by atoms with Gasteiger partial charge in [-0.2, -0.15) is 0 Å². The number of aryl methyl sites for hydroxylation is 1. The number of hydrogen-bond donors (Lipinski definition) is 0. The molecule has 40 heavy (non-hydrogen) atoms. The Hall–Kier alpha value is -4.14. The minimum atomic E-state index is -0.714. The zero-order valence-electron chi connectivity index (χ0n) is 23.1. The van der Waals surface area contributed by atoms with Gasteiger partial charge >= 0.3 is 0 Å². The average molecular weight is 555 g/mol. The number of amides is 2.